The Balaban J connectivity index is 2.71. The van der Waals surface area contributed by atoms with E-state index in [-0.39, 0.29) is 0 Å². The van der Waals surface area contributed by atoms with Gasteiger partial charge in [0.2, 0.25) is 0 Å². The highest BCUT2D eigenvalue weighted by atomic mass is 14.9. The second kappa shape index (κ2) is 3.37. The maximum absolute atomic E-state index is 4.35. The van der Waals surface area contributed by atoms with Crippen molar-refractivity contribution in [3.8, 4) is 0 Å². The summed E-state index contributed by atoms with van der Waals surface area (Å²) < 4.78 is 2.18. The van der Waals surface area contributed by atoms with Gasteiger partial charge < -0.3 is 0 Å². The zero-order valence-corrected chi connectivity index (χ0v) is 8.86. The SMILES string of the molecule is CC(C)c1cc2ncccc2c[n+]1C. The molecule has 0 amide bonds. The molecule has 0 saturated heterocycles. The average Bonchev–Trinajstić information content (AvgIpc) is 2.16. The van der Waals surface area contributed by atoms with Crippen molar-refractivity contribution in [1.29, 1.82) is 0 Å². The van der Waals surface area contributed by atoms with Crippen molar-refractivity contribution < 1.29 is 4.57 Å². The van der Waals surface area contributed by atoms with Gasteiger partial charge in [0.15, 0.2) is 11.9 Å². The van der Waals surface area contributed by atoms with Crippen LogP contribution in [0.25, 0.3) is 10.9 Å². The summed E-state index contributed by atoms with van der Waals surface area (Å²) in [5, 5.41) is 1.19. The average molecular weight is 187 g/mol. The second-order valence-electron chi connectivity index (χ2n) is 3.94. The molecule has 0 saturated carbocycles. The number of hydrogen-bond donors (Lipinski definition) is 0. The van der Waals surface area contributed by atoms with Crippen LogP contribution >= 0.6 is 0 Å². The van der Waals surface area contributed by atoms with E-state index in [2.05, 4.69) is 48.8 Å². The topological polar surface area (TPSA) is 16.8 Å². The standard InChI is InChI=1S/C12H15N2/c1-9(2)12-7-11-10(8-14(12)3)5-4-6-13-11/h4-9H,1-3H3/q+1. The number of aryl methyl sites for hydroxylation is 1. The molecule has 0 aliphatic heterocycles. The van der Waals surface area contributed by atoms with Crippen LogP contribution in [0.5, 0.6) is 0 Å². The predicted molar refractivity (Wildman–Crippen MR) is 57.0 cm³/mol. The molecule has 0 bridgehead atoms. The Morgan fingerprint density at radius 3 is 2.86 bits per heavy atom. The Hall–Kier alpha value is -1.44. The highest BCUT2D eigenvalue weighted by Crippen LogP contribution is 2.14. The molecule has 2 heteroatoms. The van der Waals surface area contributed by atoms with Crippen molar-refractivity contribution >= 4 is 10.9 Å². The molecule has 72 valence electrons. The lowest BCUT2D eigenvalue weighted by Gasteiger charge is -2.04. The van der Waals surface area contributed by atoms with E-state index in [1.165, 1.54) is 11.1 Å². The molecule has 0 fully saturated rings. The molecule has 2 nitrogen and oxygen atoms in total. The second-order valence-corrected chi connectivity index (χ2v) is 3.94. The highest BCUT2D eigenvalue weighted by Gasteiger charge is 2.12. The van der Waals surface area contributed by atoms with E-state index in [1.807, 2.05) is 12.3 Å². The normalized spacial score (nSPS) is 11.1. The van der Waals surface area contributed by atoms with E-state index in [0.717, 1.165) is 5.52 Å². The monoisotopic (exact) mass is 187 g/mol. The summed E-state index contributed by atoms with van der Waals surface area (Å²) in [6.45, 7) is 4.40. The van der Waals surface area contributed by atoms with E-state index in [0.29, 0.717) is 5.92 Å². The van der Waals surface area contributed by atoms with E-state index < -0.39 is 0 Å². The summed E-state index contributed by atoms with van der Waals surface area (Å²) in [6, 6.07) is 6.23. The van der Waals surface area contributed by atoms with Crippen LogP contribution in [-0.4, -0.2) is 4.98 Å². The van der Waals surface area contributed by atoms with Gasteiger partial charge in [-0.1, -0.05) is 13.8 Å². The lowest BCUT2D eigenvalue weighted by molar-refractivity contribution is -0.678. The molecule has 0 atom stereocenters. The molecule has 0 radical (unpaired) electrons. The quantitative estimate of drug-likeness (QED) is 0.625. The molecule has 0 spiro atoms. The first-order valence-corrected chi connectivity index (χ1v) is 4.93. The van der Waals surface area contributed by atoms with Gasteiger partial charge in [-0.3, -0.25) is 4.98 Å². The fourth-order valence-corrected chi connectivity index (χ4v) is 1.76. The Morgan fingerprint density at radius 1 is 1.36 bits per heavy atom. The maximum atomic E-state index is 4.35. The van der Waals surface area contributed by atoms with Crippen molar-refractivity contribution in [2.75, 3.05) is 0 Å². The van der Waals surface area contributed by atoms with Crippen LogP contribution in [0.4, 0.5) is 0 Å². The van der Waals surface area contributed by atoms with Gasteiger partial charge in [-0.05, 0) is 12.1 Å². The summed E-state index contributed by atoms with van der Waals surface area (Å²) in [5.74, 6) is 0.534. The predicted octanol–water partition coefficient (Wildman–Crippen LogP) is 2.18. The van der Waals surface area contributed by atoms with Gasteiger partial charge >= 0.3 is 0 Å². The van der Waals surface area contributed by atoms with Crippen molar-refractivity contribution in [3.05, 3.63) is 36.3 Å². The van der Waals surface area contributed by atoms with Crippen molar-refractivity contribution in [2.24, 2.45) is 7.05 Å². The first-order chi connectivity index (χ1) is 6.68. The van der Waals surface area contributed by atoms with Crippen LogP contribution in [0.15, 0.2) is 30.6 Å². The molecule has 14 heavy (non-hydrogen) atoms. The van der Waals surface area contributed by atoms with E-state index in [9.17, 15) is 0 Å². The van der Waals surface area contributed by atoms with Crippen LogP contribution < -0.4 is 4.57 Å². The first-order valence-electron chi connectivity index (χ1n) is 4.93. The van der Waals surface area contributed by atoms with E-state index in [1.54, 1.807) is 0 Å². The fraction of sp³-hybridized carbons (Fsp3) is 0.333. The minimum atomic E-state index is 0.534. The molecule has 0 aliphatic carbocycles. The van der Waals surface area contributed by atoms with Crippen LogP contribution in [0, 0.1) is 0 Å². The molecule has 0 unspecified atom stereocenters. The van der Waals surface area contributed by atoms with E-state index in [4.69, 9.17) is 0 Å². The molecule has 2 rings (SSSR count). The van der Waals surface area contributed by atoms with E-state index >= 15 is 0 Å². The lowest BCUT2D eigenvalue weighted by atomic mass is 10.1. The lowest BCUT2D eigenvalue weighted by Crippen LogP contribution is -2.33. The molecule has 0 aliphatic rings. The van der Waals surface area contributed by atoms with Crippen molar-refractivity contribution in [2.45, 2.75) is 19.8 Å². The third-order valence-corrected chi connectivity index (χ3v) is 2.49. The first kappa shape index (κ1) is 9.13. The summed E-state index contributed by atoms with van der Waals surface area (Å²) in [6.07, 6.45) is 3.98. The van der Waals surface area contributed by atoms with Gasteiger partial charge in [-0.25, -0.2) is 4.57 Å². The zero-order valence-electron chi connectivity index (χ0n) is 8.86. The minimum Gasteiger partial charge on any atom is -0.256 e. The largest absolute Gasteiger partial charge is 0.256 e. The molecule has 2 aromatic heterocycles. The maximum Gasteiger partial charge on any atom is 0.185 e. The van der Waals surface area contributed by atoms with Crippen molar-refractivity contribution in [1.82, 2.24) is 4.98 Å². The van der Waals surface area contributed by atoms with Crippen LogP contribution in [0.2, 0.25) is 0 Å². The Labute approximate surface area is 84.2 Å². The molecular formula is C12H15N2+. The van der Waals surface area contributed by atoms with Gasteiger partial charge in [0.05, 0.1) is 10.9 Å². The fourth-order valence-electron chi connectivity index (χ4n) is 1.76. The number of rotatable bonds is 1. The third kappa shape index (κ3) is 1.48. The summed E-state index contributed by atoms with van der Waals surface area (Å²) in [4.78, 5) is 4.35. The van der Waals surface area contributed by atoms with Crippen LogP contribution in [0.3, 0.4) is 0 Å². The van der Waals surface area contributed by atoms with Crippen molar-refractivity contribution in [3.63, 3.8) is 0 Å². The third-order valence-electron chi connectivity index (χ3n) is 2.49. The number of pyridine rings is 2. The molecule has 2 aromatic rings. The summed E-state index contributed by atoms with van der Waals surface area (Å²) >= 11 is 0. The Bertz CT molecular complexity index is 461. The molecular weight excluding hydrogens is 172 g/mol. The smallest absolute Gasteiger partial charge is 0.185 e. The van der Waals surface area contributed by atoms with Crippen LogP contribution in [-0.2, 0) is 7.05 Å². The number of aromatic nitrogens is 2. The number of nitrogens with zero attached hydrogens (tertiary/aromatic N) is 2. The number of fused-ring (bicyclic) bond motifs is 1. The van der Waals surface area contributed by atoms with Gasteiger partial charge in [0.1, 0.15) is 7.05 Å². The number of hydrogen-bond acceptors (Lipinski definition) is 1. The van der Waals surface area contributed by atoms with Gasteiger partial charge in [0, 0.05) is 18.2 Å². The zero-order chi connectivity index (χ0) is 10.1. The Morgan fingerprint density at radius 2 is 2.14 bits per heavy atom. The van der Waals surface area contributed by atoms with Gasteiger partial charge in [0.25, 0.3) is 0 Å². The summed E-state index contributed by atoms with van der Waals surface area (Å²) in [5.41, 5.74) is 2.39. The summed E-state index contributed by atoms with van der Waals surface area (Å²) in [7, 11) is 2.09. The Kier molecular flexibility index (Phi) is 2.20. The van der Waals surface area contributed by atoms with Crippen LogP contribution in [0.1, 0.15) is 25.5 Å². The molecule has 0 N–H and O–H groups in total. The van der Waals surface area contributed by atoms with Gasteiger partial charge in [-0.15, -0.1) is 0 Å². The minimum absolute atomic E-state index is 0.534. The highest BCUT2D eigenvalue weighted by molar-refractivity contribution is 5.76. The molecule has 2 heterocycles. The molecule has 0 aromatic carbocycles. The van der Waals surface area contributed by atoms with Gasteiger partial charge in [-0.2, -0.15) is 0 Å².